The minimum absolute atomic E-state index is 0.0270. The lowest BCUT2D eigenvalue weighted by Gasteiger charge is -2.26. The predicted octanol–water partition coefficient (Wildman–Crippen LogP) is 3.91. The predicted molar refractivity (Wildman–Crippen MR) is 77.3 cm³/mol. The first-order valence-corrected chi connectivity index (χ1v) is 6.58. The van der Waals surface area contributed by atoms with Crippen LogP contribution < -0.4 is 0 Å². The Hall–Kier alpha value is -2.18. The molecule has 0 spiro atoms. The van der Waals surface area contributed by atoms with Gasteiger partial charge >= 0.3 is 0 Å². The molecule has 0 aliphatic rings. The molecule has 20 heavy (non-hydrogen) atoms. The fourth-order valence-electron chi connectivity index (χ4n) is 2.30. The second kappa shape index (κ2) is 6.83. The first-order chi connectivity index (χ1) is 9.72. The summed E-state index contributed by atoms with van der Waals surface area (Å²) in [4.78, 5) is 2.01. The van der Waals surface area contributed by atoms with E-state index in [1.165, 1.54) is 6.07 Å². The Morgan fingerprint density at radius 1 is 1.10 bits per heavy atom. The van der Waals surface area contributed by atoms with Crippen molar-refractivity contribution in [3.63, 3.8) is 0 Å². The molecule has 102 valence electrons. The van der Waals surface area contributed by atoms with Crippen molar-refractivity contribution < 1.29 is 4.39 Å². The van der Waals surface area contributed by atoms with Gasteiger partial charge in [0.05, 0.1) is 12.5 Å². The first kappa shape index (κ1) is 14.2. The number of nitrogens with zero attached hydrogens (tertiary/aromatic N) is 2. The van der Waals surface area contributed by atoms with Gasteiger partial charge in [-0.3, -0.25) is 4.90 Å². The zero-order valence-electron chi connectivity index (χ0n) is 11.5. The molecule has 0 saturated carbocycles. The van der Waals surface area contributed by atoms with Crippen LogP contribution in [-0.2, 0) is 6.54 Å². The molecule has 0 aliphatic carbocycles. The van der Waals surface area contributed by atoms with Crippen molar-refractivity contribution in [1.29, 1.82) is 5.26 Å². The Morgan fingerprint density at radius 3 is 2.40 bits per heavy atom. The van der Waals surface area contributed by atoms with E-state index in [0.29, 0.717) is 18.5 Å². The summed E-state index contributed by atoms with van der Waals surface area (Å²) in [6, 6.07) is 18.8. The maximum absolute atomic E-state index is 13.7. The Bertz CT molecular complexity index is 589. The van der Waals surface area contributed by atoms with Crippen LogP contribution in [0, 0.1) is 17.1 Å². The molecule has 0 heterocycles. The van der Waals surface area contributed by atoms with Gasteiger partial charge in [-0.25, -0.2) is 4.39 Å². The molecule has 0 aromatic heterocycles. The van der Waals surface area contributed by atoms with Crippen LogP contribution in [0.1, 0.15) is 23.6 Å². The van der Waals surface area contributed by atoms with Crippen LogP contribution in [0.25, 0.3) is 0 Å². The average Bonchev–Trinajstić information content (AvgIpc) is 2.48. The average molecular weight is 268 g/mol. The third-order valence-corrected chi connectivity index (χ3v) is 3.38. The molecule has 2 rings (SSSR count). The molecular weight excluding hydrogens is 251 g/mol. The number of halogens is 1. The van der Waals surface area contributed by atoms with E-state index in [9.17, 15) is 4.39 Å². The second-order valence-electron chi connectivity index (χ2n) is 4.80. The molecule has 1 unspecified atom stereocenters. The van der Waals surface area contributed by atoms with Crippen LogP contribution in [0.5, 0.6) is 0 Å². The quantitative estimate of drug-likeness (QED) is 0.822. The van der Waals surface area contributed by atoms with Gasteiger partial charge < -0.3 is 0 Å². The van der Waals surface area contributed by atoms with E-state index in [-0.39, 0.29) is 11.9 Å². The van der Waals surface area contributed by atoms with Gasteiger partial charge in [-0.2, -0.15) is 5.26 Å². The summed E-state index contributed by atoms with van der Waals surface area (Å²) < 4.78 is 13.7. The van der Waals surface area contributed by atoms with Gasteiger partial charge in [0.25, 0.3) is 0 Å². The summed E-state index contributed by atoms with van der Waals surface area (Å²) in [5.74, 6) is -0.205. The Labute approximate surface area is 119 Å². The minimum atomic E-state index is -0.205. The maximum Gasteiger partial charge on any atom is 0.127 e. The molecule has 0 amide bonds. The van der Waals surface area contributed by atoms with Gasteiger partial charge in [0.2, 0.25) is 0 Å². The van der Waals surface area contributed by atoms with Gasteiger partial charge in [0, 0.05) is 18.2 Å². The normalized spacial score (nSPS) is 12.1. The standard InChI is InChI=1S/C17H17FN2/c1-20(13-15-9-5-6-10-16(15)18)17(11-12-19)14-7-3-2-4-8-14/h2-10,17H,11,13H2,1H3. The van der Waals surface area contributed by atoms with Gasteiger partial charge in [0.1, 0.15) is 5.82 Å². The van der Waals surface area contributed by atoms with Crippen LogP contribution in [0.3, 0.4) is 0 Å². The molecule has 2 aromatic carbocycles. The van der Waals surface area contributed by atoms with E-state index in [4.69, 9.17) is 5.26 Å². The first-order valence-electron chi connectivity index (χ1n) is 6.58. The van der Waals surface area contributed by atoms with E-state index in [1.54, 1.807) is 12.1 Å². The van der Waals surface area contributed by atoms with Crippen molar-refractivity contribution in [2.45, 2.75) is 19.0 Å². The highest BCUT2D eigenvalue weighted by Crippen LogP contribution is 2.24. The molecule has 1 atom stereocenters. The lowest BCUT2D eigenvalue weighted by atomic mass is 10.0. The van der Waals surface area contributed by atoms with Gasteiger partial charge in [0.15, 0.2) is 0 Å². The van der Waals surface area contributed by atoms with Crippen LogP contribution in [0.4, 0.5) is 4.39 Å². The van der Waals surface area contributed by atoms with Crippen LogP contribution in [0.2, 0.25) is 0 Å². The van der Waals surface area contributed by atoms with Crippen LogP contribution in [0.15, 0.2) is 54.6 Å². The van der Waals surface area contributed by atoms with E-state index in [2.05, 4.69) is 6.07 Å². The highest BCUT2D eigenvalue weighted by molar-refractivity contribution is 5.22. The highest BCUT2D eigenvalue weighted by Gasteiger charge is 2.17. The van der Waals surface area contributed by atoms with Crippen molar-refractivity contribution >= 4 is 0 Å². The summed E-state index contributed by atoms with van der Waals surface area (Å²) >= 11 is 0. The fraction of sp³-hybridized carbons (Fsp3) is 0.235. The number of benzene rings is 2. The SMILES string of the molecule is CN(Cc1ccccc1F)C(CC#N)c1ccccc1. The van der Waals surface area contributed by atoms with Gasteiger partial charge in [-0.15, -0.1) is 0 Å². The summed E-state index contributed by atoms with van der Waals surface area (Å²) in [5.41, 5.74) is 1.72. The zero-order valence-corrected chi connectivity index (χ0v) is 11.5. The zero-order chi connectivity index (χ0) is 14.4. The van der Waals surface area contributed by atoms with Crippen molar-refractivity contribution in [2.75, 3.05) is 7.05 Å². The third-order valence-electron chi connectivity index (χ3n) is 3.38. The monoisotopic (exact) mass is 268 g/mol. The lowest BCUT2D eigenvalue weighted by Crippen LogP contribution is -2.24. The van der Waals surface area contributed by atoms with Crippen LogP contribution in [-0.4, -0.2) is 11.9 Å². The van der Waals surface area contributed by atoms with E-state index >= 15 is 0 Å². The topological polar surface area (TPSA) is 27.0 Å². The Morgan fingerprint density at radius 2 is 1.75 bits per heavy atom. The minimum Gasteiger partial charge on any atom is -0.294 e. The molecule has 0 fully saturated rings. The molecule has 0 aliphatic heterocycles. The van der Waals surface area contributed by atoms with E-state index in [1.807, 2.05) is 48.3 Å². The van der Waals surface area contributed by atoms with Crippen LogP contribution >= 0.6 is 0 Å². The number of hydrogen-bond donors (Lipinski definition) is 0. The lowest BCUT2D eigenvalue weighted by molar-refractivity contribution is 0.236. The Kier molecular flexibility index (Phi) is 4.86. The molecule has 2 aromatic rings. The largest absolute Gasteiger partial charge is 0.294 e. The fourth-order valence-corrected chi connectivity index (χ4v) is 2.30. The molecule has 0 bridgehead atoms. The van der Waals surface area contributed by atoms with E-state index in [0.717, 1.165) is 5.56 Å². The van der Waals surface area contributed by atoms with Crippen molar-refractivity contribution in [2.24, 2.45) is 0 Å². The highest BCUT2D eigenvalue weighted by atomic mass is 19.1. The molecule has 2 nitrogen and oxygen atoms in total. The molecule has 3 heteroatoms. The van der Waals surface area contributed by atoms with E-state index < -0.39 is 0 Å². The summed E-state index contributed by atoms with van der Waals surface area (Å²) in [7, 11) is 1.92. The van der Waals surface area contributed by atoms with Crippen molar-refractivity contribution in [1.82, 2.24) is 4.90 Å². The third kappa shape index (κ3) is 3.43. The second-order valence-corrected chi connectivity index (χ2v) is 4.80. The number of nitriles is 1. The molecule has 0 radical (unpaired) electrons. The smallest absolute Gasteiger partial charge is 0.127 e. The summed E-state index contributed by atoms with van der Waals surface area (Å²) in [6.45, 7) is 0.480. The van der Waals surface area contributed by atoms with Gasteiger partial charge in [-0.05, 0) is 18.7 Å². The maximum atomic E-state index is 13.7. The molecular formula is C17H17FN2. The Balaban J connectivity index is 2.18. The van der Waals surface area contributed by atoms with Gasteiger partial charge in [-0.1, -0.05) is 48.5 Å². The summed E-state index contributed by atoms with van der Waals surface area (Å²) in [5, 5.41) is 9.02. The summed E-state index contributed by atoms with van der Waals surface area (Å²) in [6.07, 6.45) is 0.384. The number of hydrogen-bond acceptors (Lipinski definition) is 2. The van der Waals surface area contributed by atoms with Crippen molar-refractivity contribution in [3.05, 3.63) is 71.5 Å². The molecule has 0 N–H and O–H groups in total. The molecule has 0 saturated heterocycles. The van der Waals surface area contributed by atoms with Crippen molar-refractivity contribution in [3.8, 4) is 6.07 Å². The number of rotatable bonds is 5.